The predicted molar refractivity (Wildman–Crippen MR) is 102 cm³/mol. The number of aryl methyl sites for hydroxylation is 2. The molecular formula is C21H23FN4O. The molecule has 0 aliphatic heterocycles. The van der Waals surface area contributed by atoms with Crippen LogP contribution in [0.15, 0.2) is 60.8 Å². The highest BCUT2D eigenvalue weighted by atomic mass is 19.1. The highest BCUT2D eigenvalue weighted by molar-refractivity contribution is 5.92. The van der Waals surface area contributed by atoms with E-state index < -0.39 is 0 Å². The van der Waals surface area contributed by atoms with Crippen molar-refractivity contribution in [2.45, 2.75) is 38.8 Å². The molecule has 0 bridgehead atoms. The van der Waals surface area contributed by atoms with Gasteiger partial charge in [-0.15, -0.1) is 5.10 Å². The summed E-state index contributed by atoms with van der Waals surface area (Å²) in [4.78, 5) is 12.5. The van der Waals surface area contributed by atoms with E-state index in [9.17, 15) is 9.18 Å². The lowest BCUT2D eigenvalue weighted by atomic mass is 10.0. The lowest BCUT2D eigenvalue weighted by Gasteiger charge is -2.16. The molecule has 5 nitrogen and oxygen atoms in total. The van der Waals surface area contributed by atoms with Crippen LogP contribution in [0.2, 0.25) is 0 Å². The van der Waals surface area contributed by atoms with E-state index in [1.54, 1.807) is 23.0 Å². The van der Waals surface area contributed by atoms with Crippen LogP contribution >= 0.6 is 0 Å². The van der Waals surface area contributed by atoms with E-state index >= 15 is 0 Å². The molecular weight excluding hydrogens is 343 g/mol. The number of nitrogens with one attached hydrogen (secondary N) is 1. The van der Waals surface area contributed by atoms with Crippen molar-refractivity contribution in [1.29, 1.82) is 0 Å². The van der Waals surface area contributed by atoms with Crippen LogP contribution in [0.3, 0.4) is 0 Å². The first-order valence-corrected chi connectivity index (χ1v) is 9.16. The number of nitrogens with zero attached hydrogens (tertiary/aromatic N) is 3. The van der Waals surface area contributed by atoms with E-state index in [0.29, 0.717) is 13.0 Å². The highest BCUT2D eigenvalue weighted by Crippen LogP contribution is 2.17. The Morgan fingerprint density at radius 3 is 2.59 bits per heavy atom. The molecule has 3 rings (SSSR count). The number of carbonyl (C=O) groups excluding carboxylic acids is 1. The van der Waals surface area contributed by atoms with E-state index in [-0.39, 0.29) is 23.5 Å². The quantitative estimate of drug-likeness (QED) is 0.657. The van der Waals surface area contributed by atoms with Crippen LogP contribution in [0.1, 0.15) is 47.4 Å². The zero-order valence-electron chi connectivity index (χ0n) is 15.3. The lowest BCUT2D eigenvalue weighted by Crippen LogP contribution is -2.28. The van der Waals surface area contributed by atoms with Gasteiger partial charge in [-0.25, -0.2) is 4.39 Å². The maximum Gasteiger partial charge on any atom is 0.273 e. The fraction of sp³-hybridized carbons (Fsp3) is 0.286. The molecule has 1 heterocycles. The summed E-state index contributed by atoms with van der Waals surface area (Å²) in [6.07, 6.45) is 4.23. The maximum atomic E-state index is 13.1. The predicted octanol–water partition coefficient (Wildman–Crippen LogP) is 3.93. The first-order chi connectivity index (χ1) is 13.2. The van der Waals surface area contributed by atoms with Gasteiger partial charge in [0.2, 0.25) is 0 Å². The third kappa shape index (κ3) is 5.23. The summed E-state index contributed by atoms with van der Waals surface area (Å²) in [5.41, 5.74) is 2.43. The summed E-state index contributed by atoms with van der Waals surface area (Å²) in [5, 5.41) is 11.0. The first kappa shape index (κ1) is 18.8. The lowest BCUT2D eigenvalue weighted by molar-refractivity contribution is 0.0930. The Bertz CT molecular complexity index is 861. The van der Waals surface area contributed by atoms with E-state index in [0.717, 1.165) is 18.4 Å². The third-order valence-corrected chi connectivity index (χ3v) is 4.45. The van der Waals surface area contributed by atoms with Gasteiger partial charge in [0.1, 0.15) is 5.82 Å². The zero-order valence-corrected chi connectivity index (χ0v) is 15.3. The van der Waals surface area contributed by atoms with Crippen molar-refractivity contribution >= 4 is 5.91 Å². The van der Waals surface area contributed by atoms with Gasteiger partial charge in [-0.1, -0.05) is 54.6 Å². The Balaban J connectivity index is 1.55. The average Bonchev–Trinajstić information content (AvgIpc) is 3.17. The van der Waals surface area contributed by atoms with E-state index in [1.807, 2.05) is 25.1 Å². The molecule has 1 N–H and O–H groups in total. The number of hydrogen-bond acceptors (Lipinski definition) is 3. The largest absolute Gasteiger partial charge is 0.344 e. The van der Waals surface area contributed by atoms with Gasteiger partial charge >= 0.3 is 0 Å². The SMILES string of the molecule is CCC(NC(=O)c1cn(CCCc2ccccc2)nn1)c1ccc(F)cc1. The molecule has 0 aliphatic carbocycles. The second-order valence-corrected chi connectivity index (χ2v) is 6.44. The fourth-order valence-electron chi connectivity index (χ4n) is 2.95. The van der Waals surface area contributed by atoms with E-state index in [4.69, 9.17) is 0 Å². The molecule has 2 aromatic carbocycles. The van der Waals surface area contributed by atoms with E-state index in [1.165, 1.54) is 17.7 Å². The molecule has 27 heavy (non-hydrogen) atoms. The molecule has 0 radical (unpaired) electrons. The highest BCUT2D eigenvalue weighted by Gasteiger charge is 2.17. The van der Waals surface area contributed by atoms with Gasteiger partial charge in [0.25, 0.3) is 5.91 Å². The number of amides is 1. The first-order valence-electron chi connectivity index (χ1n) is 9.16. The van der Waals surface area contributed by atoms with Crippen LogP contribution in [0.25, 0.3) is 0 Å². The van der Waals surface area contributed by atoms with Crippen LogP contribution < -0.4 is 5.32 Å². The average molecular weight is 366 g/mol. The van der Waals surface area contributed by atoms with Crippen molar-refractivity contribution in [3.05, 3.63) is 83.4 Å². The summed E-state index contributed by atoms with van der Waals surface area (Å²) < 4.78 is 14.8. The van der Waals surface area contributed by atoms with Gasteiger partial charge < -0.3 is 5.32 Å². The number of hydrogen-bond donors (Lipinski definition) is 1. The second kappa shape index (κ2) is 9.07. The summed E-state index contributed by atoms with van der Waals surface area (Å²) in [6.45, 7) is 2.67. The Morgan fingerprint density at radius 1 is 1.15 bits per heavy atom. The van der Waals surface area contributed by atoms with Gasteiger partial charge in [-0.05, 0) is 42.5 Å². The Labute approximate surface area is 158 Å². The zero-order chi connectivity index (χ0) is 19.1. The number of aromatic nitrogens is 3. The molecule has 1 unspecified atom stereocenters. The van der Waals surface area contributed by atoms with Crippen LogP contribution in [0.4, 0.5) is 4.39 Å². The molecule has 1 atom stereocenters. The molecule has 6 heteroatoms. The van der Waals surface area contributed by atoms with Gasteiger partial charge in [0.05, 0.1) is 12.2 Å². The Morgan fingerprint density at radius 2 is 1.89 bits per heavy atom. The standard InChI is InChI=1S/C21H23FN4O/c1-2-19(17-10-12-18(22)13-11-17)23-21(27)20-15-26(25-24-20)14-6-9-16-7-4-3-5-8-16/h3-5,7-8,10-13,15,19H,2,6,9,14H2,1H3,(H,23,27). The number of rotatable bonds is 8. The molecule has 3 aromatic rings. The molecule has 0 saturated carbocycles. The topological polar surface area (TPSA) is 59.8 Å². The minimum atomic E-state index is -0.293. The molecule has 0 saturated heterocycles. The summed E-state index contributed by atoms with van der Waals surface area (Å²) in [5.74, 6) is -0.571. The minimum Gasteiger partial charge on any atom is -0.344 e. The van der Waals surface area contributed by atoms with Crippen molar-refractivity contribution in [3.8, 4) is 0 Å². The van der Waals surface area contributed by atoms with Crippen LogP contribution in [0.5, 0.6) is 0 Å². The second-order valence-electron chi connectivity index (χ2n) is 6.44. The molecule has 0 fully saturated rings. The van der Waals surface area contributed by atoms with Crippen LogP contribution in [-0.2, 0) is 13.0 Å². The van der Waals surface area contributed by atoms with Gasteiger partial charge in [0, 0.05) is 6.54 Å². The summed E-state index contributed by atoms with van der Waals surface area (Å²) >= 11 is 0. The molecule has 0 aliphatic rings. The van der Waals surface area contributed by atoms with Crippen molar-refractivity contribution in [3.63, 3.8) is 0 Å². The van der Waals surface area contributed by atoms with Gasteiger partial charge in [-0.2, -0.15) is 0 Å². The normalized spacial score (nSPS) is 11.9. The van der Waals surface area contributed by atoms with Gasteiger partial charge in [0.15, 0.2) is 5.69 Å². The summed E-state index contributed by atoms with van der Waals surface area (Å²) in [7, 11) is 0. The molecule has 140 valence electrons. The van der Waals surface area contributed by atoms with Crippen molar-refractivity contribution in [2.75, 3.05) is 0 Å². The maximum absolute atomic E-state index is 13.1. The summed E-state index contributed by atoms with van der Waals surface area (Å²) in [6, 6.07) is 16.2. The van der Waals surface area contributed by atoms with Crippen LogP contribution in [-0.4, -0.2) is 20.9 Å². The van der Waals surface area contributed by atoms with Crippen molar-refractivity contribution < 1.29 is 9.18 Å². The van der Waals surface area contributed by atoms with Crippen molar-refractivity contribution in [1.82, 2.24) is 20.3 Å². The smallest absolute Gasteiger partial charge is 0.273 e. The number of halogens is 1. The van der Waals surface area contributed by atoms with Crippen LogP contribution in [0, 0.1) is 5.82 Å². The van der Waals surface area contributed by atoms with Crippen molar-refractivity contribution in [2.24, 2.45) is 0 Å². The Hall–Kier alpha value is -3.02. The third-order valence-electron chi connectivity index (χ3n) is 4.45. The minimum absolute atomic E-state index is 0.193. The van der Waals surface area contributed by atoms with E-state index in [2.05, 4.69) is 27.8 Å². The number of carbonyl (C=O) groups is 1. The molecule has 0 spiro atoms. The molecule has 1 aromatic heterocycles. The molecule has 1 amide bonds. The van der Waals surface area contributed by atoms with Gasteiger partial charge in [-0.3, -0.25) is 9.48 Å². The Kier molecular flexibility index (Phi) is 6.30. The number of benzene rings is 2. The monoisotopic (exact) mass is 366 g/mol. The fourth-order valence-corrected chi connectivity index (χ4v) is 2.95.